The molecular formula is C15H27N5O3S. The van der Waals surface area contributed by atoms with E-state index in [0.717, 1.165) is 28.4 Å². The number of amides is 1. The van der Waals surface area contributed by atoms with Crippen LogP contribution in [0.15, 0.2) is 6.20 Å². The minimum absolute atomic E-state index is 0.249. The fourth-order valence-corrected chi connectivity index (χ4v) is 4.12. The van der Waals surface area contributed by atoms with Crippen molar-refractivity contribution in [3.05, 3.63) is 17.5 Å². The van der Waals surface area contributed by atoms with Gasteiger partial charge in [0.05, 0.1) is 11.7 Å². The van der Waals surface area contributed by atoms with Crippen molar-refractivity contribution in [1.82, 2.24) is 24.1 Å². The number of carbonyl (C=O) groups excluding carboxylic acids is 1. The van der Waals surface area contributed by atoms with Gasteiger partial charge in [0, 0.05) is 31.9 Å². The van der Waals surface area contributed by atoms with E-state index in [9.17, 15) is 13.2 Å². The highest BCUT2D eigenvalue weighted by molar-refractivity contribution is 7.87. The van der Waals surface area contributed by atoms with Crippen LogP contribution in [-0.4, -0.2) is 48.0 Å². The lowest BCUT2D eigenvalue weighted by Gasteiger charge is -2.36. The fraction of sp³-hybridized carbons (Fsp3) is 0.733. The van der Waals surface area contributed by atoms with Gasteiger partial charge in [-0.2, -0.15) is 22.5 Å². The number of hydrogen-bond donors (Lipinski definition) is 2. The molecule has 1 saturated heterocycles. The maximum atomic E-state index is 12.4. The van der Waals surface area contributed by atoms with Gasteiger partial charge in [-0.15, -0.1) is 0 Å². The van der Waals surface area contributed by atoms with E-state index in [1.165, 1.54) is 7.05 Å². The molecule has 0 saturated carbocycles. The molecule has 9 heteroatoms. The predicted octanol–water partition coefficient (Wildman–Crippen LogP) is 0.707. The number of nitrogens with zero attached hydrogens (tertiary/aromatic N) is 3. The Morgan fingerprint density at radius 1 is 1.46 bits per heavy atom. The van der Waals surface area contributed by atoms with Crippen molar-refractivity contribution in [2.75, 3.05) is 13.6 Å². The van der Waals surface area contributed by atoms with E-state index in [4.69, 9.17) is 0 Å². The van der Waals surface area contributed by atoms with Crippen LogP contribution in [-0.2, 0) is 21.5 Å². The average molecular weight is 357 g/mol. The molecule has 24 heavy (non-hydrogen) atoms. The van der Waals surface area contributed by atoms with Crippen LogP contribution in [0.5, 0.6) is 0 Å². The van der Waals surface area contributed by atoms with Crippen molar-refractivity contribution in [2.24, 2.45) is 0 Å². The number of aryl methyl sites for hydroxylation is 2. The summed E-state index contributed by atoms with van der Waals surface area (Å²) >= 11 is 0. The van der Waals surface area contributed by atoms with Gasteiger partial charge >= 0.3 is 0 Å². The molecule has 136 valence electrons. The van der Waals surface area contributed by atoms with Crippen molar-refractivity contribution >= 4 is 16.1 Å². The van der Waals surface area contributed by atoms with Gasteiger partial charge in [0.2, 0.25) is 5.91 Å². The van der Waals surface area contributed by atoms with Gasteiger partial charge in [0.25, 0.3) is 10.2 Å². The van der Waals surface area contributed by atoms with Crippen LogP contribution in [0.25, 0.3) is 0 Å². The standard InChI is InChI=1S/C15H27N5O3S/c1-5-7-8-16-15(21)14-9-13(18-24(22,23)19(14)4)12-10-20(6-2)17-11(12)3/h10,13-14,18H,5-9H2,1-4H3,(H,16,21)/t13-,14-/m1/s1. The van der Waals surface area contributed by atoms with E-state index in [1.54, 1.807) is 4.68 Å². The Morgan fingerprint density at radius 2 is 2.17 bits per heavy atom. The van der Waals surface area contributed by atoms with Gasteiger partial charge in [0.1, 0.15) is 6.04 Å². The summed E-state index contributed by atoms with van der Waals surface area (Å²) in [7, 11) is -2.28. The molecule has 1 aliphatic rings. The molecule has 2 atom stereocenters. The molecule has 8 nitrogen and oxygen atoms in total. The second-order valence-corrected chi connectivity index (χ2v) is 7.88. The van der Waals surface area contributed by atoms with Crippen LogP contribution in [0.1, 0.15) is 50.4 Å². The van der Waals surface area contributed by atoms with Crippen molar-refractivity contribution in [1.29, 1.82) is 0 Å². The Hall–Kier alpha value is -1.45. The monoisotopic (exact) mass is 357 g/mol. The number of hydrogen-bond acceptors (Lipinski definition) is 4. The van der Waals surface area contributed by atoms with Crippen molar-refractivity contribution in [3.8, 4) is 0 Å². The Labute approximate surface area is 143 Å². The molecule has 1 amide bonds. The summed E-state index contributed by atoms with van der Waals surface area (Å²) in [6.07, 6.45) is 4.07. The molecule has 0 bridgehead atoms. The van der Waals surface area contributed by atoms with Gasteiger partial charge in [-0.1, -0.05) is 13.3 Å². The molecule has 1 aliphatic heterocycles. The van der Waals surface area contributed by atoms with Gasteiger partial charge in [-0.25, -0.2) is 0 Å². The summed E-state index contributed by atoms with van der Waals surface area (Å²) in [5.74, 6) is -0.249. The predicted molar refractivity (Wildman–Crippen MR) is 91.5 cm³/mol. The molecule has 2 heterocycles. The Kier molecular flexibility index (Phi) is 6.00. The molecule has 0 spiro atoms. The fourth-order valence-electron chi connectivity index (χ4n) is 2.86. The smallest absolute Gasteiger partial charge is 0.280 e. The van der Waals surface area contributed by atoms with E-state index in [1.807, 2.05) is 27.0 Å². The number of aromatic nitrogens is 2. The highest BCUT2D eigenvalue weighted by Gasteiger charge is 2.41. The van der Waals surface area contributed by atoms with Crippen molar-refractivity contribution < 1.29 is 13.2 Å². The quantitative estimate of drug-likeness (QED) is 0.733. The SMILES string of the molecule is CCCCNC(=O)[C@H]1C[C@H](c2cn(CC)nc2C)NS(=O)(=O)N1C. The highest BCUT2D eigenvalue weighted by Crippen LogP contribution is 2.29. The molecule has 0 unspecified atom stereocenters. The van der Waals surface area contributed by atoms with E-state index in [0.29, 0.717) is 19.5 Å². The molecule has 0 aromatic carbocycles. The van der Waals surface area contributed by atoms with Crippen LogP contribution >= 0.6 is 0 Å². The summed E-state index contributed by atoms with van der Waals surface area (Å²) in [4.78, 5) is 12.4. The third kappa shape index (κ3) is 3.96. The zero-order valence-corrected chi connectivity index (χ0v) is 15.6. The first-order valence-electron chi connectivity index (χ1n) is 8.37. The lowest BCUT2D eigenvalue weighted by atomic mass is 10.00. The summed E-state index contributed by atoms with van der Waals surface area (Å²) in [6, 6.07) is -1.17. The van der Waals surface area contributed by atoms with E-state index < -0.39 is 22.3 Å². The topological polar surface area (TPSA) is 96.3 Å². The second-order valence-electron chi connectivity index (χ2n) is 6.11. The summed E-state index contributed by atoms with van der Waals surface area (Å²) < 4.78 is 30.4. The van der Waals surface area contributed by atoms with Gasteiger partial charge in [-0.3, -0.25) is 9.48 Å². The molecule has 0 aliphatic carbocycles. The largest absolute Gasteiger partial charge is 0.355 e. The van der Waals surface area contributed by atoms with Crippen LogP contribution < -0.4 is 10.0 Å². The first-order chi connectivity index (χ1) is 11.3. The lowest BCUT2D eigenvalue weighted by Crippen LogP contribution is -2.57. The lowest BCUT2D eigenvalue weighted by molar-refractivity contribution is -0.125. The van der Waals surface area contributed by atoms with E-state index >= 15 is 0 Å². The normalized spacial score (nSPS) is 24.0. The van der Waals surface area contributed by atoms with E-state index in [2.05, 4.69) is 15.1 Å². The molecular weight excluding hydrogens is 330 g/mol. The number of nitrogens with one attached hydrogen (secondary N) is 2. The first kappa shape index (κ1) is 18.9. The maximum Gasteiger partial charge on any atom is 0.280 e. The molecule has 0 radical (unpaired) electrons. The number of likely N-dealkylation sites (N-methyl/N-ethyl adjacent to an activating group) is 1. The Bertz CT molecular complexity index is 685. The molecule has 1 aromatic rings. The first-order valence-corrected chi connectivity index (χ1v) is 9.81. The zero-order chi connectivity index (χ0) is 17.9. The molecule has 1 fully saturated rings. The maximum absolute atomic E-state index is 12.4. The number of carbonyl (C=O) groups is 1. The van der Waals surface area contributed by atoms with Gasteiger partial charge in [-0.05, 0) is 26.7 Å². The Balaban J connectivity index is 2.22. The van der Waals surface area contributed by atoms with Crippen LogP contribution in [0.2, 0.25) is 0 Å². The second kappa shape index (κ2) is 7.62. The molecule has 2 N–H and O–H groups in total. The third-order valence-electron chi connectivity index (χ3n) is 4.38. The minimum atomic E-state index is -3.71. The van der Waals surface area contributed by atoms with Crippen LogP contribution in [0.3, 0.4) is 0 Å². The van der Waals surface area contributed by atoms with Gasteiger partial charge in [0.15, 0.2) is 0 Å². The Morgan fingerprint density at radius 3 is 2.75 bits per heavy atom. The van der Waals surface area contributed by atoms with Crippen molar-refractivity contribution in [3.63, 3.8) is 0 Å². The van der Waals surface area contributed by atoms with Crippen LogP contribution in [0.4, 0.5) is 0 Å². The van der Waals surface area contributed by atoms with Crippen molar-refractivity contribution in [2.45, 2.75) is 58.7 Å². The van der Waals surface area contributed by atoms with Crippen LogP contribution in [0, 0.1) is 6.92 Å². The highest BCUT2D eigenvalue weighted by atomic mass is 32.2. The summed E-state index contributed by atoms with van der Waals surface area (Å²) in [5.41, 5.74) is 1.60. The molecule has 1 aromatic heterocycles. The zero-order valence-electron chi connectivity index (χ0n) is 14.7. The third-order valence-corrected chi connectivity index (χ3v) is 5.98. The van der Waals surface area contributed by atoms with Gasteiger partial charge < -0.3 is 5.32 Å². The summed E-state index contributed by atoms with van der Waals surface area (Å²) in [6.45, 7) is 7.13. The average Bonchev–Trinajstić information content (AvgIpc) is 2.91. The number of unbranched alkanes of at least 4 members (excludes halogenated alkanes) is 1. The number of rotatable bonds is 6. The molecule has 2 rings (SSSR count). The van der Waals surface area contributed by atoms with E-state index in [-0.39, 0.29) is 5.91 Å². The summed E-state index contributed by atoms with van der Waals surface area (Å²) in [5, 5.41) is 7.20. The minimum Gasteiger partial charge on any atom is -0.355 e.